The van der Waals surface area contributed by atoms with Crippen LogP contribution in [0.1, 0.15) is 37.8 Å². The zero-order chi connectivity index (χ0) is 17.2. The third-order valence-corrected chi connectivity index (χ3v) is 4.53. The highest BCUT2D eigenvalue weighted by Crippen LogP contribution is 2.10. The molecule has 1 aromatic carbocycles. The summed E-state index contributed by atoms with van der Waals surface area (Å²) in [4.78, 5) is 6.70. The fourth-order valence-electron chi connectivity index (χ4n) is 2.89. The first-order valence-corrected chi connectivity index (χ1v) is 9.11. The lowest BCUT2D eigenvalue weighted by molar-refractivity contribution is 0.114. The van der Waals surface area contributed by atoms with E-state index in [0.29, 0.717) is 6.10 Å². The molecule has 134 valence electrons. The van der Waals surface area contributed by atoms with Crippen LogP contribution in [0.2, 0.25) is 0 Å². The molecule has 0 aliphatic carbocycles. The molecular weight excluding hydrogens is 300 g/mol. The van der Waals surface area contributed by atoms with Gasteiger partial charge >= 0.3 is 0 Å². The third kappa shape index (κ3) is 6.13. The van der Waals surface area contributed by atoms with Gasteiger partial charge in [0.2, 0.25) is 0 Å². The summed E-state index contributed by atoms with van der Waals surface area (Å²) in [7, 11) is 1.80. The Bertz CT molecular complexity index is 491. The quantitative estimate of drug-likeness (QED) is 0.567. The van der Waals surface area contributed by atoms with Gasteiger partial charge in [0.25, 0.3) is 0 Å². The van der Waals surface area contributed by atoms with Crippen molar-refractivity contribution in [3.8, 4) is 0 Å². The fourth-order valence-corrected chi connectivity index (χ4v) is 2.89. The molecule has 1 fully saturated rings. The lowest BCUT2D eigenvalue weighted by Crippen LogP contribution is -2.40. The lowest BCUT2D eigenvalue weighted by Gasteiger charge is -2.18. The van der Waals surface area contributed by atoms with E-state index in [0.717, 1.165) is 58.1 Å². The molecule has 1 aromatic rings. The van der Waals surface area contributed by atoms with Crippen molar-refractivity contribution in [2.24, 2.45) is 4.99 Å². The largest absolute Gasteiger partial charge is 0.376 e. The van der Waals surface area contributed by atoms with Gasteiger partial charge in [0.1, 0.15) is 0 Å². The topological polar surface area (TPSA) is 48.9 Å². The van der Waals surface area contributed by atoms with Gasteiger partial charge in [-0.2, -0.15) is 0 Å². The summed E-state index contributed by atoms with van der Waals surface area (Å²) in [6.45, 7) is 10.1. The van der Waals surface area contributed by atoms with Crippen LogP contribution in [0.25, 0.3) is 0 Å². The summed E-state index contributed by atoms with van der Waals surface area (Å²) in [5.41, 5.74) is 2.63. The van der Waals surface area contributed by atoms with Crippen molar-refractivity contribution >= 4 is 5.96 Å². The smallest absolute Gasteiger partial charge is 0.191 e. The molecule has 0 spiro atoms. The monoisotopic (exact) mass is 332 g/mol. The van der Waals surface area contributed by atoms with Gasteiger partial charge in [-0.05, 0) is 37.1 Å². The number of aliphatic imine (C=N–C) groups is 1. The molecule has 1 aliphatic heterocycles. The minimum Gasteiger partial charge on any atom is -0.376 e. The first-order chi connectivity index (χ1) is 11.7. The lowest BCUT2D eigenvalue weighted by atomic mass is 10.1. The Morgan fingerprint density at radius 3 is 2.46 bits per heavy atom. The van der Waals surface area contributed by atoms with Crippen LogP contribution in [0.15, 0.2) is 29.3 Å². The van der Waals surface area contributed by atoms with Gasteiger partial charge in [-0.3, -0.25) is 9.89 Å². The summed E-state index contributed by atoms with van der Waals surface area (Å²) in [6.07, 6.45) is 2.62. The highest BCUT2D eigenvalue weighted by Gasteiger charge is 2.15. The third-order valence-electron chi connectivity index (χ3n) is 4.53. The Kier molecular flexibility index (Phi) is 8.05. The Morgan fingerprint density at radius 1 is 1.17 bits per heavy atom. The van der Waals surface area contributed by atoms with Crippen LogP contribution >= 0.6 is 0 Å². The number of hydrogen-bond donors (Lipinski definition) is 2. The van der Waals surface area contributed by atoms with E-state index in [4.69, 9.17) is 4.74 Å². The van der Waals surface area contributed by atoms with E-state index in [1.807, 2.05) is 0 Å². The number of guanidine groups is 1. The molecule has 24 heavy (non-hydrogen) atoms. The van der Waals surface area contributed by atoms with Gasteiger partial charge in [0.05, 0.1) is 6.10 Å². The fraction of sp³-hybridized carbons (Fsp3) is 0.632. The maximum atomic E-state index is 5.62. The highest BCUT2D eigenvalue weighted by molar-refractivity contribution is 5.79. The summed E-state index contributed by atoms with van der Waals surface area (Å²) < 4.78 is 5.62. The molecule has 0 amide bonds. The van der Waals surface area contributed by atoms with Crippen LogP contribution in [0.4, 0.5) is 0 Å². The predicted molar refractivity (Wildman–Crippen MR) is 100 cm³/mol. The Labute approximate surface area is 146 Å². The second kappa shape index (κ2) is 10.3. The van der Waals surface area contributed by atoms with Crippen LogP contribution in [-0.2, 0) is 17.8 Å². The Hall–Kier alpha value is -1.59. The van der Waals surface area contributed by atoms with Gasteiger partial charge in [0.15, 0.2) is 5.96 Å². The predicted octanol–water partition coefficient (Wildman–Crippen LogP) is 2.37. The van der Waals surface area contributed by atoms with Gasteiger partial charge < -0.3 is 15.4 Å². The second-order valence-corrected chi connectivity index (χ2v) is 6.22. The molecule has 1 atom stereocenters. The molecule has 0 bridgehead atoms. The molecule has 1 unspecified atom stereocenters. The normalized spacial score (nSPS) is 18.2. The molecule has 0 aromatic heterocycles. The van der Waals surface area contributed by atoms with Gasteiger partial charge in [-0.1, -0.05) is 38.1 Å². The van der Waals surface area contributed by atoms with Gasteiger partial charge in [-0.15, -0.1) is 0 Å². The van der Waals surface area contributed by atoms with Gasteiger partial charge in [0, 0.05) is 33.3 Å². The average Bonchev–Trinajstić information content (AvgIpc) is 3.14. The molecule has 0 radical (unpaired) electrons. The molecular formula is C19H32N4O. The molecule has 1 heterocycles. The zero-order valence-electron chi connectivity index (χ0n) is 15.3. The number of hydrogen-bond acceptors (Lipinski definition) is 3. The first kappa shape index (κ1) is 18.7. The maximum absolute atomic E-state index is 5.62. The number of nitrogens with one attached hydrogen (secondary N) is 2. The number of ether oxygens (including phenoxy) is 1. The minimum absolute atomic E-state index is 0.322. The van der Waals surface area contributed by atoms with Crippen molar-refractivity contribution < 1.29 is 4.74 Å². The standard InChI is InChI=1S/C19H32N4O/c1-4-23(5-2)15-17-10-8-16(9-11-17)13-21-19(20-3)22-14-18-7-6-12-24-18/h8-11,18H,4-7,12-15H2,1-3H3,(H2,20,21,22). The Morgan fingerprint density at radius 2 is 1.88 bits per heavy atom. The number of benzene rings is 1. The van der Waals surface area contributed by atoms with Crippen LogP contribution in [-0.4, -0.2) is 50.3 Å². The summed E-state index contributed by atoms with van der Waals surface area (Å²) >= 11 is 0. The van der Waals surface area contributed by atoms with E-state index in [1.54, 1.807) is 7.05 Å². The van der Waals surface area contributed by atoms with E-state index in [1.165, 1.54) is 11.1 Å². The number of rotatable bonds is 8. The van der Waals surface area contributed by atoms with Crippen molar-refractivity contribution in [1.29, 1.82) is 0 Å². The van der Waals surface area contributed by atoms with Crippen LogP contribution < -0.4 is 10.6 Å². The highest BCUT2D eigenvalue weighted by atomic mass is 16.5. The molecule has 5 nitrogen and oxygen atoms in total. The molecule has 0 saturated carbocycles. The Balaban J connectivity index is 1.75. The van der Waals surface area contributed by atoms with Crippen molar-refractivity contribution in [1.82, 2.24) is 15.5 Å². The summed E-state index contributed by atoms with van der Waals surface area (Å²) in [5, 5.41) is 6.71. The minimum atomic E-state index is 0.322. The summed E-state index contributed by atoms with van der Waals surface area (Å²) in [5.74, 6) is 0.831. The molecule has 1 saturated heterocycles. The second-order valence-electron chi connectivity index (χ2n) is 6.22. The van der Waals surface area contributed by atoms with Crippen molar-refractivity contribution in [3.63, 3.8) is 0 Å². The van der Waals surface area contributed by atoms with E-state index >= 15 is 0 Å². The van der Waals surface area contributed by atoms with Gasteiger partial charge in [-0.25, -0.2) is 0 Å². The molecule has 2 rings (SSSR count). The SMILES string of the molecule is CCN(CC)Cc1ccc(CNC(=NC)NCC2CCCO2)cc1. The zero-order valence-corrected chi connectivity index (χ0v) is 15.3. The number of nitrogens with zero attached hydrogens (tertiary/aromatic N) is 2. The van der Waals surface area contributed by atoms with Crippen molar-refractivity contribution in [3.05, 3.63) is 35.4 Å². The van der Waals surface area contributed by atoms with E-state index in [9.17, 15) is 0 Å². The van der Waals surface area contributed by atoms with Crippen molar-refractivity contribution in [2.75, 3.05) is 33.3 Å². The van der Waals surface area contributed by atoms with Crippen LogP contribution in [0.5, 0.6) is 0 Å². The van der Waals surface area contributed by atoms with Crippen LogP contribution in [0.3, 0.4) is 0 Å². The van der Waals surface area contributed by atoms with E-state index in [-0.39, 0.29) is 0 Å². The maximum Gasteiger partial charge on any atom is 0.191 e. The first-order valence-electron chi connectivity index (χ1n) is 9.11. The van der Waals surface area contributed by atoms with E-state index in [2.05, 4.69) is 58.6 Å². The average molecular weight is 332 g/mol. The van der Waals surface area contributed by atoms with Crippen LogP contribution in [0, 0.1) is 0 Å². The van der Waals surface area contributed by atoms with Crippen molar-refractivity contribution in [2.45, 2.75) is 45.9 Å². The molecule has 2 N–H and O–H groups in total. The molecule has 5 heteroatoms. The molecule has 1 aliphatic rings. The summed E-state index contributed by atoms with van der Waals surface area (Å²) in [6, 6.07) is 8.83. The van der Waals surface area contributed by atoms with E-state index < -0.39 is 0 Å².